The Bertz CT molecular complexity index is 398. The molecule has 0 radical (unpaired) electrons. The van der Waals surface area contributed by atoms with Crippen LogP contribution in [0.15, 0.2) is 30.3 Å². The third-order valence-corrected chi connectivity index (χ3v) is 3.29. The SMILES string of the molecule is CC(N)(OC(=O)c1ccccc1)N1CCCCC1. The van der Waals surface area contributed by atoms with Crippen molar-refractivity contribution in [1.82, 2.24) is 4.90 Å². The first kappa shape index (κ1) is 13.1. The van der Waals surface area contributed by atoms with E-state index in [1.54, 1.807) is 19.1 Å². The number of likely N-dealkylation sites (tertiary alicyclic amines) is 1. The van der Waals surface area contributed by atoms with Crippen LogP contribution in [0.1, 0.15) is 36.5 Å². The van der Waals surface area contributed by atoms with Crippen LogP contribution in [-0.2, 0) is 4.74 Å². The third kappa shape index (κ3) is 3.09. The van der Waals surface area contributed by atoms with Gasteiger partial charge in [0.2, 0.25) is 5.85 Å². The molecular weight excluding hydrogens is 228 g/mol. The monoisotopic (exact) mass is 248 g/mol. The van der Waals surface area contributed by atoms with Crippen LogP contribution in [0.4, 0.5) is 0 Å². The van der Waals surface area contributed by atoms with Crippen LogP contribution in [0.3, 0.4) is 0 Å². The largest absolute Gasteiger partial charge is 0.427 e. The molecule has 1 aromatic rings. The molecule has 1 aromatic carbocycles. The molecule has 0 bridgehead atoms. The average Bonchev–Trinajstić information content (AvgIpc) is 2.40. The second-order valence-corrected chi connectivity index (χ2v) is 4.86. The smallest absolute Gasteiger partial charge is 0.340 e. The molecule has 1 atom stereocenters. The maximum absolute atomic E-state index is 12.0. The summed E-state index contributed by atoms with van der Waals surface area (Å²) in [7, 11) is 0. The van der Waals surface area contributed by atoms with Crippen LogP contribution >= 0.6 is 0 Å². The number of piperidine rings is 1. The van der Waals surface area contributed by atoms with Gasteiger partial charge >= 0.3 is 5.97 Å². The van der Waals surface area contributed by atoms with Crippen molar-refractivity contribution in [2.24, 2.45) is 5.73 Å². The summed E-state index contributed by atoms with van der Waals surface area (Å²) in [5.74, 6) is -1.39. The van der Waals surface area contributed by atoms with Crippen LogP contribution < -0.4 is 5.73 Å². The molecule has 1 saturated heterocycles. The van der Waals surface area contributed by atoms with Crippen LogP contribution in [0.5, 0.6) is 0 Å². The molecule has 0 amide bonds. The van der Waals surface area contributed by atoms with Gasteiger partial charge in [-0.25, -0.2) is 4.79 Å². The Morgan fingerprint density at radius 2 is 1.83 bits per heavy atom. The van der Waals surface area contributed by atoms with Crippen molar-refractivity contribution in [2.75, 3.05) is 13.1 Å². The molecule has 1 aliphatic heterocycles. The van der Waals surface area contributed by atoms with E-state index in [2.05, 4.69) is 0 Å². The molecule has 0 saturated carbocycles. The van der Waals surface area contributed by atoms with E-state index in [9.17, 15) is 4.79 Å². The molecule has 0 aliphatic carbocycles. The zero-order chi connectivity index (χ0) is 13.0. The molecule has 1 fully saturated rings. The van der Waals surface area contributed by atoms with E-state index in [1.807, 2.05) is 23.1 Å². The summed E-state index contributed by atoms with van der Waals surface area (Å²) in [5, 5.41) is 0. The molecular formula is C14H20N2O2. The summed E-state index contributed by atoms with van der Waals surface area (Å²) in [6, 6.07) is 8.95. The third-order valence-electron chi connectivity index (χ3n) is 3.29. The fraction of sp³-hybridized carbons (Fsp3) is 0.500. The lowest BCUT2D eigenvalue weighted by Crippen LogP contribution is -2.58. The first-order chi connectivity index (χ1) is 8.59. The Morgan fingerprint density at radius 3 is 2.44 bits per heavy atom. The molecule has 1 heterocycles. The van der Waals surface area contributed by atoms with Crippen LogP contribution in [-0.4, -0.2) is 29.8 Å². The summed E-state index contributed by atoms with van der Waals surface area (Å²) >= 11 is 0. The normalized spacial score (nSPS) is 20.1. The maximum atomic E-state index is 12.0. The van der Waals surface area contributed by atoms with Gasteiger partial charge in [-0.2, -0.15) is 0 Å². The zero-order valence-electron chi connectivity index (χ0n) is 10.8. The maximum Gasteiger partial charge on any atom is 0.340 e. The van der Waals surface area contributed by atoms with Gasteiger partial charge in [0.1, 0.15) is 0 Å². The number of nitrogens with two attached hydrogens (primary N) is 1. The number of esters is 1. The number of benzene rings is 1. The van der Waals surface area contributed by atoms with E-state index < -0.39 is 5.85 Å². The summed E-state index contributed by atoms with van der Waals surface area (Å²) in [5.41, 5.74) is 6.65. The van der Waals surface area contributed by atoms with Crippen molar-refractivity contribution >= 4 is 5.97 Å². The summed E-state index contributed by atoms with van der Waals surface area (Å²) in [6.07, 6.45) is 3.44. The average molecular weight is 248 g/mol. The van der Waals surface area contributed by atoms with Crippen molar-refractivity contribution in [3.05, 3.63) is 35.9 Å². The molecule has 4 heteroatoms. The number of hydrogen-bond donors (Lipinski definition) is 1. The van der Waals surface area contributed by atoms with Crippen molar-refractivity contribution < 1.29 is 9.53 Å². The Kier molecular flexibility index (Phi) is 3.99. The highest BCUT2D eigenvalue weighted by molar-refractivity contribution is 5.89. The van der Waals surface area contributed by atoms with E-state index in [1.165, 1.54) is 6.42 Å². The van der Waals surface area contributed by atoms with Crippen LogP contribution in [0.25, 0.3) is 0 Å². The lowest BCUT2D eigenvalue weighted by Gasteiger charge is -2.39. The molecule has 18 heavy (non-hydrogen) atoms. The molecule has 2 N–H and O–H groups in total. The highest BCUT2D eigenvalue weighted by atomic mass is 16.6. The van der Waals surface area contributed by atoms with Gasteiger partial charge in [-0.1, -0.05) is 24.6 Å². The van der Waals surface area contributed by atoms with Crippen molar-refractivity contribution in [3.8, 4) is 0 Å². The topological polar surface area (TPSA) is 55.6 Å². The fourth-order valence-corrected chi connectivity index (χ4v) is 2.22. The lowest BCUT2D eigenvalue weighted by molar-refractivity contribution is -0.109. The highest BCUT2D eigenvalue weighted by Crippen LogP contribution is 2.19. The minimum atomic E-state index is -1.02. The molecule has 2 rings (SSSR count). The molecule has 1 aliphatic rings. The number of carbonyl (C=O) groups is 1. The zero-order valence-corrected chi connectivity index (χ0v) is 10.8. The van der Waals surface area contributed by atoms with Crippen LogP contribution in [0, 0.1) is 0 Å². The predicted molar refractivity (Wildman–Crippen MR) is 69.9 cm³/mol. The number of ether oxygens (including phenoxy) is 1. The quantitative estimate of drug-likeness (QED) is 0.656. The summed E-state index contributed by atoms with van der Waals surface area (Å²) in [4.78, 5) is 14.0. The molecule has 1 unspecified atom stereocenters. The first-order valence-corrected chi connectivity index (χ1v) is 6.42. The van der Waals surface area contributed by atoms with Crippen molar-refractivity contribution in [3.63, 3.8) is 0 Å². The minimum Gasteiger partial charge on any atom is -0.427 e. The van der Waals surface area contributed by atoms with Gasteiger partial charge in [-0.15, -0.1) is 0 Å². The lowest BCUT2D eigenvalue weighted by atomic mass is 10.1. The Morgan fingerprint density at radius 1 is 1.22 bits per heavy atom. The summed E-state index contributed by atoms with van der Waals surface area (Å²) < 4.78 is 5.43. The van der Waals surface area contributed by atoms with E-state index in [-0.39, 0.29) is 5.97 Å². The van der Waals surface area contributed by atoms with Gasteiger partial charge in [0, 0.05) is 20.0 Å². The highest BCUT2D eigenvalue weighted by Gasteiger charge is 2.32. The fourth-order valence-electron chi connectivity index (χ4n) is 2.22. The van der Waals surface area contributed by atoms with Gasteiger partial charge in [0.05, 0.1) is 5.56 Å². The first-order valence-electron chi connectivity index (χ1n) is 6.42. The van der Waals surface area contributed by atoms with Gasteiger partial charge < -0.3 is 4.74 Å². The number of nitrogens with zero attached hydrogens (tertiary/aromatic N) is 1. The Balaban J connectivity index is 2.01. The van der Waals surface area contributed by atoms with Gasteiger partial charge in [-0.05, 0) is 25.0 Å². The Labute approximate surface area is 108 Å². The predicted octanol–water partition coefficient (Wildman–Crippen LogP) is 1.96. The molecule has 4 nitrogen and oxygen atoms in total. The molecule has 0 aromatic heterocycles. The standard InChI is InChI=1S/C14H20N2O2/c1-14(15,16-10-6-3-7-11-16)18-13(17)12-8-4-2-5-9-12/h2,4-5,8-9H,3,6-7,10-11,15H2,1H3. The van der Waals surface area contributed by atoms with Crippen molar-refractivity contribution in [2.45, 2.75) is 32.0 Å². The Hall–Kier alpha value is -1.39. The van der Waals surface area contributed by atoms with Gasteiger partial charge in [0.25, 0.3) is 0 Å². The number of hydrogen-bond acceptors (Lipinski definition) is 4. The van der Waals surface area contributed by atoms with E-state index in [0.29, 0.717) is 5.56 Å². The van der Waals surface area contributed by atoms with E-state index in [4.69, 9.17) is 10.5 Å². The second-order valence-electron chi connectivity index (χ2n) is 4.86. The van der Waals surface area contributed by atoms with Gasteiger partial charge in [0.15, 0.2) is 0 Å². The van der Waals surface area contributed by atoms with Crippen LogP contribution in [0.2, 0.25) is 0 Å². The summed E-state index contributed by atoms with van der Waals surface area (Å²) in [6.45, 7) is 3.52. The van der Waals surface area contributed by atoms with E-state index in [0.717, 1.165) is 25.9 Å². The number of carbonyl (C=O) groups excluding carboxylic acids is 1. The van der Waals surface area contributed by atoms with Crippen molar-refractivity contribution in [1.29, 1.82) is 0 Å². The molecule has 98 valence electrons. The molecule has 0 spiro atoms. The minimum absolute atomic E-state index is 0.369. The van der Waals surface area contributed by atoms with Gasteiger partial charge in [-0.3, -0.25) is 10.6 Å². The second kappa shape index (κ2) is 5.50. The van der Waals surface area contributed by atoms with E-state index >= 15 is 0 Å². The number of rotatable bonds is 3.